The molecule has 1 aliphatic carbocycles. The molecule has 1 N–H and O–H groups in total. The molecule has 0 unspecified atom stereocenters. The van der Waals surface area contributed by atoms with E-state index >= 15 is 0 Å². The molecule has 0 saturated heterocycles. The molecule has 0 aromatic heterocycles. The first-order chi connectivity index (χ1) is 6.99. The summed E-state index contributed by atoms with van der Waals surface area (Å²) in [5.74, 6) is 0.0613. The lowest BCUT2D eigenvalue weighted by atomic mass is 9.71. The van der Waals surface area contributed by atoms with Gasteiger partial charge in [0.25, 0.3) is 0 Å². The van der Waals surface area contributed by atoms with Crippen molar-refractivity contribution in [1.29, 1.82) is 0 Å². The van der Waals surface area contributed by atoms with Crippen molar-refractivity contribution < 1.29 is 9.90 Å². The summed E-state index contributed by atoms with van der Waals surface area (Å²) in [4.78, 5) is 11.9. The number of aliphatic hydroxyl groups is 1. The average Bonchev–Trinajstić information content (AvgIpc) is 2.13. The molecule has 1 rings (SSSR count). The topological polar surface area (TPSA) is 37.3 Å². The smallest absolute Gasteiger partial charge is 0.182 e. The number of hydrogen-bond acceptors (Lipinski definition) is 2. The number of carbonyl (C=O) groups excluding carboxylic acids is 1. The van der Waals surface area contributed by atoms with E-state index in [1.807, 2.05) is 6.92 Å². The molecular formula is C13H20O2. The minimum atomic E-state index is -0.0709. The molecule has 0 bridgehead atoms. The van der Waals surface area contributed by atoms with Crippen LogP contribution in [0.5, 0.6) is 0 Å². The van der Waals surface area contributed by atoms with Crippen molar-refractivity contribution in [1.82, 2.24) is 0 Å². The third-order valence-corrected chi connectivity index (χ3v) is 3.08. The van der Waals surface area contributed by atoms with E-state index in [0.29, 0.717) is 0 Å². The minimum Gasteiger partial charge on any atom is -0.392 e. The van der Waals surface area contributed by atoms with Crippen LogP contribution in [-0.4, -0.2) is 17.5 Å². The normalized spacial score (nSPS) is 21.1. The molecule has 1 aliphatic rings. The van der Waals surface area contributed by atoms with Crippen LogP contribution in [0, 0.1) is 5.41 Å². The van der Waals surface area contributed by atoms with E-state index in [2.05, 4.69) is 13.8 Å². The predicted octanol–water partition coefficient (Wildman–Crippen LogP) is 2.63. The van der Waals surface area contributed by atoms with Gasteiger partial charge in [-0.3, -0.25) is 4.79 Å². The summed E-state index contributed by atoms with van der Waals surface area (Å²) in [6.07, 6.45) is 6.26. The molecule has 0 saturated carbocycles. The Bertz CT molecular complexity index is 308. The van der Waals surface area contributed by atoms with Crippen LogP contribution in [0.4, 0.5) is 0 Å². The Kier molecular flexibility index (Phi) is 3.86. The molecule has 0 fully saturated rings. The highest BCUT2D eigenvalue weighted by Crippen LogP contribution is 2.40. The zero-order valence-corrected chi connectivity index (χ0v) is 9.84. The summed E-state index contributed by atoms with van der Waals surface area (Å²) in [5.41, 5.74) is 2.14. The van der Waals surface area contributed by atoms with E-state index in [9.17, 15) is 4.79 Å². The molecule has 15 heavy (non-hydrogen) atoms. The Balaban J connectivity index is 2.98. The van der Waals surface area contributed by atoms with Gasteiger partial charge in [0.05, 0.1) is 6.61 Å². The van der Waals surface area contributed by atoms with Gasteiger partial charge in [0, 0.05) is 5.57 Å². The second kappa shape index (κ2) is 4.75. The van der Waals surface area contributed by atoms with Gasteiger partial charge in [-0.15, -0.1) is 0 Å². The quantitative estimate of drug-likeness (QED) is 0.724. The van der Waals surface area contributed by atoms with Gasteiger partial charge in [-0.25, -0.2) is 0 Å². The maximum absolute atomic E-state index is 11.9. The zero-order chi connectivity index (χ0) is 11.5. The maximum Gasteiger partial charge on any atom is 0.182 e. The lowest BCUT2D eigenvalue weighted by Crippen LogP contribution is -2.25. The first-order valence-corrected chi connectivity index (χ1v) is 5.51. The fourth-order valence-electron chi connectivity index (χ4n) is 2.41. The van der Waals surface area contributed by atoms with Crippen LogP contribution in [0.1, 0.15) is 40.0 Å². The van der Waals surface area contributed by atoms with Crippen molar-refractivity contribution in [3.63, 3.8) is 0 Å². The standard InChI is InChI=1S/C13H20O2/c1-10-6-4-8-13(2,3)12(10)11(15)7-5-9-14/h5,7,14H,4,6,8-9H2,1-3H3/b7-5+. The summed E-state index contributed by atoms with van der Waals surface area (Å²) in [5, 5.41) is 8.65. The molecular weight excluding hydrogens is 188 g/mol. The lowest BCUT2D eigenvalue weighted by molar-refractivity contribution is -0.112. The number of hydrogen-bond donors (Lipinski definition) is 1. The van der Waals surface area contributed by atoms with Crippen LogP contribution in [-0.2, 0) is 4.79 Å². The number of carbonyl (C=O) groups is 1. The first kappa shape index (κ1) is 12.2. The van der Waals surface area contributed by atoms with Crippen molar-refractivity contribution >= 4 is 5.78 Å². The highest BCUT2D eigenvalue weighted by atomic mass is 16.2. The van der Waals surface area contributed by atoms with Gasteiger partial charge < -0.3 is 5.11 Å². The summed E-state index contributed by atoms with van der Waals surface area (Å²) in [6.45, 7) is 6.21. The third kappa shape index (κ3) is 2.78. The molecule has 0 spiro atoms. The molecule has 0 radical (unpaired) electrons. The van der Waals surface area contributed by atoms with Crippen molar-refractivity contribution in [3.8, 4) is 0 Å². The van der Waals surface area contributed by atoms with Crippen LogP contribution in [0.15, 0.2) is 23.3 Å². The molecule has 0 amide bonds. The Morgan fingerprint density at radius 3 is 2.73 bits per heavy atom. The fourth-order valence-corrected chi connectivity index (χ4v) is 2.41. The van der Waals surface area contributed by atoms with Crippen molar-refractivity contribution in [2.24, 2.45) is 5.41 Å². The second-order valence-electron chi connectivity index (χ2n) is 4.84. The summed E-state index contributed by atoms with van der Waals surface area (Å²) in [7, 11) is 0. The molecule has 2 heteroatoms. The highest BCUT2D eigenvalue weighted by molar-refractivity contribution is 6.05. The molecule has 0 aromatic rings. The lowest BCUT2D eigenvalue weighted by Gasteiger charge is -2.32. The monoisotopic (exact) mass is 208 g/mol. The van der Waals surface area contributed by atoms with E-state index in [-0.39, 0.29) is 17.8 Å². The van der Waals surface area contributed by atoms with Crippen LogP contribution >= 0.6 is 0 Å². The molecule has 84 valence electrons. The van der Waals surface area contributed by atoms with Gasteiger partial charge in [-0.05, 0) is 37.7 Å². The van der Waals surface area contributed by atoms with Crippen LogP contribution in [0.2, 0.25) is 0 Å². The van der Waals surface area contributed by atoms with Gasteiger partial charge in [0.1, 0.15) is 0 Å². The summed E-state index contributed by atoms with van der Waals surface area (Å²) in [6, 6.07) is 0. The van der Waals surface area contributed by atoms with Crippen LogP contribution in [0.3, 0.4) is 0 Å². The molecule has 0 heterocycles. The van der Waals surface area contributed by atoms with E-state index in [4.69, 9.17) is 5.11 Å². The number of aliphatic hydroxyl groups excluding tert-OH is 1. The van der Waals surface area contributed by atoms with Crippen molar-refractivity contribution in [2.45, 2.75) is 40.0 Å². The Hall–Kier alpha value is -0.890. The van der Waals surface area contributed by atoms with Crippen LogP contribution in [0.25, 0.3) is 0 Å². The molecule has 0 aliphatic heterocycles. The van der Waals surface area contributed by atoms with Crippen molar-refractivity contribution in [3.05, 3.63) is 23.3 Å². The Morgan fingerprint density at radius 2 is 2.20 bits per heavy atom. The van der Waals surface area contributed by atoms with E-state index in [1.54, 1.807) is 0 Å². The largest absolute Gasteiger partial charge is 0.392 e. The number of ketones is 1. The Morgan fingerprint density at radius 1 is 1.53 bits per heavy atom. The van der Waals surface area contributed by atoms with E-state index in [0.717, 1.165) is 18.4 Å². The second-order valence-corrected chi connectivity index (χ2v) is 4.84. The van der Waals surface area contributed by atoms with Gasteiger partial charge >= 0.3 is 0 Å². The third-order valence-electron chi connectivity index (χ3n) is 3.08. The molecule has 2 nitrogen and oxygen atoms in total. The van der Waals surface area contributed by atoms with Crippen molar-refractivity contribution in [2.75, 3.05) is 6.61 Å². The number of rotatable bonds is 3. The molecule has 0 aromatic carbocycles. The van der Waals surface area contributed by atoms with Gasteiger partial charge in [0.2, 0.25) is 0 Å². The minimum absolute atomic E-state index is 0.0147. The highest BCUT2D eigenvalue weighted by Gasteiger charge is 2.31. The zero-order valence-electron chi connectivity index (χ0n) is 9.84. The SMILES string of the molecule is CC1=C(C(=O)/C=C/CO)C(C)(C)CCC1. The average molecular weight is 208 g/mol. The fraction of sp³-hybridized carbons (Fsp3) is 0.615. The van der Waals surface area contributed by atoms with Gasteiger partial charge in [0.15, 0.2) is 5.78 Å². The Labute approximate surface area is 91.7 Å². The molecule has 0 atom stereocenters. The number of allylic oxidation sites excluding steroid dienone is 3. The summed E-state index contributed by atoms with van der Waals surface area (Å²) >= 11 is 0. The predicted molar refractivity (Wildman–Crippen MR) is 61.6 cm³/mol. The van der Waals surface area contributed by atoms with Gasteiger partial charge in [-0.2, -0.15) is 0 Å². The first-order valence-electron chi connectivity index (χ1n) is 5.51. The summed E-state index contributed by atoms with van der Waals surface area (Å²) < 4.78 is 0. The van der Waals surface area contributed by atoms with Crippen LogP contribution < -0.4 is 0 Å². The van der Waals surface area contributed by atoms with E-state index < -0.39 is 0 Å². The van der Waals surface area contributed by atoms with Gasteiger partial charge in [-0.1, -0.05) is 25.5 Å². The maximum atomic E-state index is 11.9. The van der Waals surface area contributed by atoms with E-state index in [1.165, 1.54) is 24.1 Å².